The maximum Gasteiger partial charge on any atom is 0.196 e. The van der Waals surface area contributed by atoms with Gasteiger partial charge < -0.3 is 0 Å². The van der Waals surface area contributed by atoms with E-state index in [0.717, 1.165) is 0 Å². The summed E-state index contributed by atoms with van der Waals surface area (Å²) in [7, 11) is 0. The van der Waals surface area contributed by atoms with Gasteiger partial charge >= 0.3 is 0 Å². The third-order valence-electron chi connectivity index (χ3n) is 1.81. The van der Waals surface area contributed by atoms with Crippen LogP contribution < -0.4 is 0 Å². The number of halogens is 2. The molecule has 0 N–H and O–H groups in total. The van der Waals surface area contributed by atoms with Crippen LogP contribution in [-0.2, 0) is 0 Å². The molecule has 0 spiro atoms. The summed E-state index contributed by atoms with van der Waals surface area (Å²) in [5.41, 5.74) is 1.19. The van der Waals surface area contributed by atoms with Crippen molar-refractivity contribution in [2.75, 3.05) is 0 Å². The van der Waals surface area contributed by atoms with Gasteiger partial charge in [-0.2, -0.15) is 0 Å². The minimum absolute atomic E-state index is 0.265. The van der Waals surface area contributed by atoms with Crippen LogP contribution >= 0.6 is 15.9 Å². The number of rotatable bonds is 1. The summed E-state index contributed by atoms with van der Waals surface area (Å²) in [5.74, 6) is -0.265. The zero-order valence-electron chi connectivity index (χ0n) is 7.11. The summed E-state index contributed by atoms with van der Waals surface area (Å²) in [5, 5.41) is 0. The molecule has 2 nitrogen and oxygen atoms in total. The van der Waals surface area contributed by atoms with Gasteiger partial charge in [0.05, 0.1) is 0 Å². The highest BCUT2D eigenvalue weighted by Gasteiger charge is 2.03. The van der Waals surface area contributed by atoms with Crippen LogP contribution in [0.4, 0.5) is 4.39 Å². The summed E-state index contributed by atoms with van der Waals surface area (Å²) in [6, 6.07) is 6.54. The van der Waals surface area contributed by atoms with Gasteiger partial charge in [0.2, 0.25) is 0 Å². The summed E-state index contributed by atoms with van der Waals surface area (Å²) in [4.78, 5) is 7.87. The van der Waals surface area contributed by atoms with Crippen LogP contribution in [-0.4, -0.2) is 9.97 Å². The van der Waals surface area contributed by atoms with Gasteiger partial charge in [0.15, 0.2) is 4.73 Å². The number of hydrogen-bond donors (Lipinski definition) is 0. The van der Waals surface area contributed by atoms with Crippen LogP contribution in [0.15, 0.2) is 41.4 Å². The van der Waals surface area contributed by atoms with Crippen LogP contribution in [0.5, 0.6) is 0 Å². The van der Waals surface area contributed by atoms with E-state index in [1.807, 2.05) is 0 Å². The molecule has 0 unspecified atom stereocenters. The summed E-state index contributed by atoms with van der Waals surface area (Å²) in [6.45, 7) is 0. The maximum absolute atomic E-state index is 13.3. The van der Waals surface area contributed by atoms with Crippen LogP contribution in [0.1, 0.15) is 0 Å². The first-order valence-corrected chi connectivity index (χ1v) is 4.79. The normalized spacial score (nSPS) is 10.1. The molecule has 1 aromatic carbocycles. The average molecular weight is 253 g/mol. The molecule has 0 aliphatic carbocycles. The van der Waals surface area contributed by atoms with E-state index in [1.54, 1.807) is 30.6 Å². The standard InChI is InChI=1S/C10H6BrFN2/c11-10-13-5-7(6-14-10)8-3-1-2-4-9(8)12/h1-6H. The Hall–Kier alpha value is -1.29. The fourth-order valence-corrected chi connectivity index (χ4v) is 1.35. The molecule has 0 aliphatic heterocycles. The Kier molecular flexibility index (Phi) is 2.54. The zero-order valence-corrected chi connectivity index (χ0v) is 8.70. The summed E-state index contributed by atoms with van der Waals surface area (Å²) in [6.07, 6.45) is 3.16. The highest BCUT2D eigenvalue weighted by atomic mass is 79.9. The first-order valence-electron chi connectivity index (χ1n) is 4.00. The molecule has 0 bridgehead atoms. The third-order valence-corrected chi connectivity index (χ3v) is 2.21. The number of aromatic nitrogens is 2. The molecule has 1 aromatic heterocycles. The van der Waals surface area contributed by atoms with Crippen molar-refractivity contribution >= 4 is 15.9 Å². The number of nitrogens with zero attached hydrogens (tertiary/aromatic N) is 2. The number of benzene rings is 1. The Morgan fingerprint density at radius 3 is 2.36 bits per heavy atom. The molecule has 2 rings (SSSR count). The Bertz CT molecular complexity index is 442. The molecule has 0 aliphatic rings. The van der Waals surface area contributed by atoms with Gasteiger partial charge in [-0.3, -0.25) is 0 Å². The lowest BCUT2D eigenvalue weighted by Gasteiger charge is -2.01. The number of hydrogen-bond acceptors (Lipinski definition) is 2. The van der Waals surface area contributed by atoms with E-state index in [9.17, 15) is 4.39 Å². The van der Waals surface area contributed by atoms with Gasteiger partial charge in [-0.25, -0.2) is 14.4 Å². The Morgan fingerprint density at radius 2 is 1.71 bits per heavy atom. The van der Waals surface area contributed by atoms with Crippen molar-refractivity contribution in [3.63, 3.8) is 0 Å². The van der Waals surface area contributed by atoms with Gasteiger partial charge in [-0.15, -0.1) is 0 Å². The fourth-order valence-electron chi connectivity index (χ4n) is 1.15. The summed E-state index contributed by atoms with van der Waals surface area (Å²) < 4.78 is 13.8. The smallest absolute Gasteiger partial charge is 0.196 e. The molecule has 2 aromatic rings. The maximum atomic E-state index is 13.3. The van der Waals surface area contributed by atoms with Crippen molar-refractivity contribution in [2.24, 2.45) is 0 Å². The van der Waals surface area contributed by atoms with Crippen LogP contribution in [0.2, 0.25) is 0 Å². The molecular weight excluding hydrogens is 247 g/mol. The SMILES string of the molecule is Fc1ccccc1-c1cnc(Br)nc1. The van der Waals surface area contributed by atoms with E-state index in [-0.39, 0.29) is 5.82 Å². The lowest BCUT2D eigenvalue weighted by atomic mass is 10.1. The van der Waals surface area contributed by atoms with Crippen molar-refractivity contribution in [3.8, 4) is 11.1 Å². The van der Waals surface area contributed by atoms with Crippen LogP contribution in [0.25, 0.3) is 11.1 Å². The molecule has 0 radical (unpaired) electrons. The topological polar surface area (TPSA) is 25.8 Å². The molecule has 0 saturated heterocycles. The van der Waals surface area contributed by atoms with E-state index in [2.05, 4.69) is 25.9 Å². The highest BCUT2D eigenvalue weighted by molar-refractivity contribution is 9.10. The molecule has 4 heteroatoms. The van der Waals surface area contributed by atoms with E-state index in [0.29, 0.717) is 15.9 Å². The van der Waals surface area contributed by atoms with Gasteiger partial charge in [0, 0.05) is 23.5 Å². The average Bonchev–Trinajstić information content (AvgIpc) is 2.20. The highest BCUT2D eigenvalue weighted by Crippen LogP contribution is 2.21. The van der Waals surface area contributed by atoms with E-state index in [1.165, 1.54) is 6.07 Å². The van der Waals surface area contributed by atoms with Crippen molar-refractivity contribution < 1.29 is 4.39 Å². The van der Waals surface area contributed by atoms with Gasteiger partial charge in [0.25, 0.3) is 0 Å². The molecule has 1 heterocycles. The van der Waals surface area contributed by atoms with E-state index < -0.39 is 0 Å². The van der Waals surface area contributed by atoms with Gasteiger partial charge in [0.1, 0.15) is 5.82 Å². The second-order valence-corrected chi connectivity index (χ2v) is 3.43. The first-order chi connectivity index (χ1) is 6.77. The molecule has 14 heavy (non-hydrogen) atoms. The first kappa shape index (κ1) is 9.27. The van der Waals surface area contributed by atoms with Crippen molar-refractivity contribution in [1.82, 2.24) is 9.97 Å². The molecule has 0 atom stereocenters. The lowest BCUT2D eigenvalue weighted by molar-refractivity contribution is 0.631. The van der Waals surface area contributed by atoms with Crippen molar-refractivity contribution in [3.05, 3.63) is 47.2 Å². The second kappa shape index (κ2) is 3.84. The van der Waals surface area contributed by atoms with E-state index >= 15 is 0 Å². The minimum atomic E-state index is -0.265. The second-order valence-electron chi connectivity index (χ2n) is 2.72. The molecule has 0 fully saturated rings. The Labute approximate surface area is 89.0 Å². The fraction of sp³-hybridized carbons (Fsp3) is 0. The van der Waals surface area contributed by atoms with Gasteiger partial charge in [-0.1, -0.05) is 18.2 Å². The predicted octanol–water partition coefficient (Wildman–Crippen LogP) is 3.05. The molecule has 70 valence electrons. The Balaban J connectivity index is 2.50. The van der Waals surface area contributed by atoms with E-state index in [4.69, 9.17) is 0 Å². The Morgan fingerprint density at radius 1 is 1.07 bits per heavy atom. The lowest BCUT2D eigenvalue weighted by Crippen LogP contribution is -1.87. The summed E-state index contributed by atoms with van der Waals surface area (Å²) >= 11 is 3.12. The zero-order chi connectivity index (χ0) is 9.97. The monoisotopic (exact) mass is 252 g/mol. The van der Waals surface area contributed by atoms with Crippen LogP contribution in [0, 0.1) is 5.82 Å². The quantitative estimate of drug-likeness (QED) is 0.730. The largest absolute Gasteiger partial charge is 0.230 e. The predicted molar refractivity (Wildman–Crippen MR) is 55.1 cm³/mol. The van der Waals surface area contributed by atoms with Crippen molar-refractivity contribution in [1.29, 1.82) is 0 Å². The molecule has 0 amide bonds. The van der Waals surface area contributed by atoms with Gasteiger partial charge in [-0.05, 0) is 22.0 Å². The minimum Gasteiger partial charge on any atom is -0.230 e. The third kappa shape index (κ3) is 1.80. The van der Waals surface area contributed by atoms with Crippen LogP contribution in [0.3, 0.4) is 0 Å². The molecular formula is C10H6BrFN2. The van der Waals surface area contributed by atoms with Crippen molar-refractivity contribution in [2.45, 2.75) is 0 Å². The molecule has 0 saturated carbocycles.